The lowest BCUT2D eigenvalue weighted by atomic mass is 10.3. The quantitative estimate of drug-likeness (QED) is 0.822. The van der Waals surface area contributed by atoms with E-state index in [0.29, 0.717) is 5.75 Å². The Bertz CT molecular complexity index is 395. The van der Waals surface area contributed by atoms with Crippen LogP contribution in [0.2, 0.25) is 0 Å². The van der Waals surface area contributed by atoms with Crippen molar-refractivity contribution in [2.75, 3.05) is 5.75 Å². The molecular formula is C10H11NO3S. The molecule has 2 N–H and O–H groups in total. The number of H-pyrrole nitrogens is 1. The lowest BCUT2D eigenvalue weighted by Gasteiger charge is -1.87. The molecular weight excluding hydrogens is 214 g/mol. The highest BCUT2D eigenvalue weighted by molar-refractivity contribution is 8.13. The third kappa shape index (κ3) is 4.03. The van der Waals surface area contributed by atoms with E-state index in [-0.39, 0.29) is 10.8 Å². The molecule has 0 atom stereocenters. The lowest BCUT2D eigenvalue weighted by molar-refractivity contribution is -0.109. The molecule has 80 valence electrons. The molecule has 4 nitrogen and oxygen atoms in total. The van der Waals surface area contributed by atoms with Crippen LogP contribution in [0.3, 0.4) is 0 Å². The number of thioether (sulfide) groups is 1. The van der Waals surface area contributed by atoms with Crippen LogP contribution in [0.4, 0.5) is 0 Å². The normalized spacial score (nSPS) is 10.7. The smallest absolute Gasteiger partial charge is 0.352 e. The van der Waals surface area contributed by atoms with Gasteiger partial charge in [0.05, 0.1) is 0 Å². The predicted molar refractivity (Wildman–Crippen MR) is 59.9 cm³/mol. The Morgan fingerprint density at radius 1 is 1.60 bits per heavy atom. The first kappa shape index (κ1) is 11.6. The maximum Gasteiger partial charge on any atom is 0.352 e. The van der Waals surface area contributed by atoms with Gasteiger partial charge in [0, 0.05) is 18.9 Å². The first-order valence-corrected chi connectivity index (χ1v) is 5.30. The van der Waals surface area contributed by atoms with E-state index >= 15 is 0 Å². The first-order valence-electron chi connectivity index (χ1n) is 4.31. The fourth-order valence-electron chi connectivity index (χ4n) is 0.980. The van der Waals surface area contributed by atoms with Gasteiger partial charge in [0.15, 0.2) is 5.12 Å². The van der Waals surface area contributed by atoms with Gasteiger partial charge in [-0.1, -0.05) is 23.9 Å². The Labute approximate surface area is 91.4 Å². The third-order valence-electron chi connectivity index (χ3n) is 1.63. The van der Waals surface area contributed by atoms with Gasteiger partial charge in [0.25, 0.3) is 0 Å². The zero-order chi connectivity index (χ0) is 11.3. The maximum absolute atomic E-state index is 10.6. The standard InChI is InChI=1S/C10H11NO3S/c1-7(12)15-4-2-3-8-5-9(10(13)14)11-6-8/h2-3,5-6,11H,4H2,1H3,(H,13,14). The van der Waals surface area contributed by atoms with Crippen LogP contribution in [-0.2, 0) is 4.79 Å². The number of hydrogen-bond donors (Lipinski definition) is 2. The number of carbonyl (C=O) groups is 2. The van der Waals surface area contributed by atoms with Gasteiger partial charge in [-0.25, -0.2) is 4.79 Å². The number of aromatic carboxylic acids is 1. The molecule has 1 heterocycles. The average molecular weight is 225 g/mol. The number of nitrogens with one attached hydrogen (secondary N) is 1. The van der Waals surface area contributed by atoms with Gasteiger partial charge in [0.1, 0.15) is 5.69 Å². The summed E-state index contributed by atoms with van der Waals surface area (Å²) < 4.78 is 0. The fraction of sp³-hybridized carbons (Fsp3) is 0.200. The van der Waals surface area contributed by atoms with Crippen molar-refractivity contribution in [1.82, 2.24) is 4.98 Å². The number of aromatic nitrogens is 1. The van der Waals surface area contributed by atoms with Crippen LogP contribution < -0.4 is 0 Å². The van der Waals surface area contributed by atoms with E-state index in [1.54, 1.807) is 12.3 Å². The maximum atomic E-state index is 10.6. The number of carboxylic acids is 1. The van der Waals surface area contributed by atoms with Crippen molar-refractivity contribution in [3.63, 3.8) is 0 Å². The largest absolute Gasteiger partial charge is 0.477 e. The molecule has 0 radical (unpaired) electrons. The van der Waals surface area contributed by atoms with Crippen LogP contribution in [0.25, 0.3) is 6.08 Å². The van der Waals surface area contributed by atoms with Crippen LogP contribution in [0, 0.1) is 0 Å². The second kappa shape index (κ2) is 5.41. The van der Waals surface area contributed by atoms with Gasteiger partial charge in [-0.15, -0.1) is 0 Å². The molecule has 0 aliphatic heterocycles. The van der Waals surface area contributed by atoms with Crippen molar-refractivity contribution in [1.29, 1.82) is 0 Å². The molecule has 0 aliphatic rings. The van der Waals surface area contributed by atoms with Gasteiger partial charge in [-0.05, 0) is 11.6 Å². The Morgan fingerprint density at radius 3 is 2.87 bits per heavy atom. The Morgan fingerprint density at radius 2 is 2.33 bits per heavy atom. The average Bonchev–Trinajstić information content (AvgIpc) is 2.60. The zero-order valence-corrected chi connectivity index (χ0v) is 9.00. The monoisotopic (exact) mass is 225 g/mol. The minimum absolute atomic E-state index is 0.0694. The molecule has 1 aromatic heterocycles. The van der Waals surface area contributed by atoms with Crippen molar-refractivity contribution in [2.45, 2.75) is 6.92 Å². The summed E-state index contributed by atoms with van der Waals surface area (Å²) in [5.74, 6) is -0.379. The van der Waals surface area contributed by atoms with Crippen LogP contribution >= 0.6 is 11.8 Å². The van der Waals surface area contributed by atoms with E-state index in [9.17, 15) is 9.59 Å². The molecule has 0 saturated heterocycles. The molecule has 1 aromatic rings. The minimum Gasteiger partial charge on any atom is -0.477 e. The van der Waals surface area contributed by atoms with E-state index in [0.717, 1.165) is 5.56 Å². The number of hydrogen-bond acceptors (Lipinski definition) is 3. The second-order valence-corrected chi connectivity index (χ2v) is 4.05. The summed E-state index contributed by atoms with van der Waals surface area (Å²) in [4.78, 5) is 23.8. The Balaban J connectivity index is 2.50. The number of carboxylic acid groups (broad SMARTS) is 1. The fourth-order valence-corrected chi connectivity index (χ4v) is 1.41. The highest BCUT2D eigenvalue weighted by atomic mass is 32.2. The van der Waals surface area contributed by atoms with Crippen LogP contribution in [0.15, 0.2) is 18.3 Å². The van der Waals surface area contributed by atoms with Crippen molar-refractivity contribution < 1.29 is 14.7 Å². The predicted octanol–water partition coefficient (Wildman–Crippen LogP) is 2.01. The molecule has 0 aliphatic carbocycles. The molecule has 5 heteroatoms. The van der Waals surface area contributed by atoms with Crippen molar-refractivity contribution in [3.05, 3.63) is 29.6 Å². The van der Waals surface area contributed by atoms with E-state index in [2.05, 4.69) is 4.98 Å². The summed E-state index contributed by atoms with van der Waals surface area (Å²) in [6.07, 6.45) is 5.21. The van der Waals surface area contributed by atoms with Crippen molar-refractivity contribution >= 4 is 28.9 Å². The number of aromatic amines is 1. The Kier molecular flexibility index (Phi) is 4.17. The molecule has 0 aromatic carbocycles. The second-order valence-electron chi connectivity index (χ2n) is 2.86. The number of rotatable bonds is 4. The summed E-state index contributed by atoms with van der Waals surface area (Å²) in [7, 11) is 0. The van der Waals surface area contributed by atoms with E-state index in [4.69, 9.17) is 5.11 Å². The molecule has 0 fully saturated rings. The molecule has 0 bridgehead atoms. The van der Waals surface area contributed by atoms with Gasteiger partial charge in [-0.3, -0.25) is 4.79 Å². The summed E-state index contributed by atoms with van der Waals surface area (Å²) >= 11 is 1.21. The molecule has 0 spiro atoms. The summed E-state index contributed by atoms with van der Waals surface area (Å²) in [6.45, 7) is 1.51. The van der Waals surface area contributed by atoms with Crippen molar-refractivity contribution in [3.8, 4) is 0 Å². The lowest BCUT2D eigenvalue weighted by Crippen LogP contribution is -1.94. The summed E-state index contributed by atoms with van der Waals surface area (Å²) in [6, 6.07) is 1.54. The Hall–Kier alpha value is -1.49. The molecule has 0 saturated carbocycles. The summed E-state index contributed by atoms with van der Waals surface area (Å²) in [5.41, 5.74) is 0.949. The molecule has 1 rings (SSSR count). The topological polar surface area (TPSA) is 70.2 Å². The third-order valence-corrected chi connectivity index (χ3v) is 2.39. The van der Waals surface area contributed by atoms with Crippen LogP contribution in [0.1, 0.15) is 23.0 Å². The first-order chi connectivity index (χ1) is 7.09. The van der Waals surface area contributed by atoms with E-state index in [1.165, 1.54) is 24.8 Å². The number of carbonyl (C=O) groups excluding carboxylic acids is 1. The van der Waals surface area contributed by atoms with E-state index in [1.807, 2.05) is 6.08 Å². The van der Waals surface area contributed by atoms with Gasteiger partial charge < -0.3 is 10.1 Å². The van der Waals surface area contributed by atoms with Crippen LogP contribution in [0.5, 0.6) is 0 Å². The van der Waals surface area contributed by atoms with Gasteiger partial charge in [-0.2, -0.15) is 0 Å². The van der Waals surface area contributed by atoms with Crippen LogP contribution in [-0.4, -0.2) is 26.9 Å². The van der Waals surface area contributed by atoms with Gasteiger partial charge in [0.2, 0.25) is 0 Å². The molecule has 0 amide bonds. The SMILES string of the molecule is CC(=O)SCC=Cc1c[nH]c(C(=O)O)c1. The van der Waals surface area contributed by atoms with Gasteiger partial charge >= 0.3 is 5.97 Å². The highest BCUT2D eigenvalue weighted by Gasteiger charge is 2.03. The van der Waals surface area contributed by atoms with Crippen molar-refractivity contribution in [2.24, 2.45) is 0 Å². The summed E-state index contributed by atoms with van der Waals surface area (Å²) in [5, 5.41) is 8.71. The molecule has 0 unspecified atom stereocenters. The molecule has 15 heavy (non-hydrogen) atoms. The van der Waals surface area contributed by atoms with E-state index < -0.39 is 5.97 Å². The highest BCUT2D eigenvalue weighted by Crippen LogP contribution is 2.07. The minimum atomic E-state index is -0.979. The zero-order valence-electron chi connectivity index (χ0n) is 8.19.